The van der Waals surface area contributed by atoms with Crippen LogP contribution in [0, 0.1) is 0 Å². The molecule has 14 heavy (non-hydrogen) atoms. The molecular formula is C8H14N4O2. The first-order valence-corrected chi connectivity index (χ1v) is 4.26. The number of carbonyl (C=O) groups is 1. The van der Waals surface area contributed by atoms with E-state index in [2.05, 4.69) is 15.5 Å². The Morgan fingerprint density at radius 1 is 1.57 bits per heavy atom. The summed E-state index contributed by atoms with van der Waals surface area (Å²) >= 11 is 0. The van der Waals surface area contributed by atoms with Crippen LogP contribution in [0.4, 0.5) is 0 Å². The fraction of sp³-hybridized carbons (Fsp3) is 0.625. The number of aromatic nitrogens is 2. The normalized spacial score (nSPS) is 11.6. The molecule has 0 saturated carbocycles. The number of carbonyl (C=O) groups excluding carboxylic acids is 1. The van der Waals surface area contributed by atoms with Gasteiger partial charge in [0.05, 0.1) is 6.54 Å². The minimum atomic E-state index is -0.684. The van der Waals surface area contributed by atoms with Crippen molar-refractivity contribution in [2.75, 3.05) is 0 Å². The van der Waals surface area contributed by atoms with Gasteiger partial charge in [-0.05, 0) is 20.8 Å². The van der Waals surface area contributed by atoms with Gasteiger partial charge in [0.1, 0.15) is 0 Å². The van der Waals surface area contributed by atoms with Gasteiger partial charge < -0.3 is 15.6 Å². The van der Waals surface area contributed by atoms with E-state index in [0.717, 1.165) is 0 Å². The van der Waals surface area contributed by atoms with Crippen LogP contribution in [-0.4, -0.2) is 21.6 Å². The van der Waals surface area contributed by atoms with Crippen molar-refractivity contribution in [3.05, 3.63) is 11.7 Å². The van der Waals surface area contributed by atoms with Crippen LogP contribution in [0.2, 0.25) is 0 Å². The molecule has 1 aromatic heterocycles. The van der Waals surface area contributed by atoms with E-state index in [1.54, 1.807) is 0 Å². The van der Waals surface area contributed by atoms with E-state index in [-0.39, 0.29) is 11.4 Å². The molecule has 0 fully saturated rings. The summed E-state index contributed by atoms with van der Waals surface area (Å²) in [4.78, 5) is 14.4. The van der Waals surface area contributed by atoms with E-state index in [9.17, 15) is 4.79 Å². The standard InChI is InChI=1S/C8H14N4O2/c1-8(2,3)10-4-5-11-7(6(9)13)12-14-5/h10H,4H2,1-3H3,(H2,9,13). The summed E-state index contributed by atoms with van der Waals surface area (Å²) in [6, 6.07) is 0. The summed E-state index contributed by atoms with van der Waals surface area (Å²) in [7, 11) is 0. The van der Waals surface area contributed by atoms with Gasteiger partial charge in [-0.15, -0.1) is 0 Å². The number of hydrogen-bond acceptors (Lipinski definition) is 5. The topological polar surface area (TPSA) is 94.0 Å². The van der Waals surface area contributed by atoms with Crippen LogP contribution >= 0.6 is 0 Å². The Hall–Kier alpha value is -1.43. The lowest BCUT2D eigenvalue weighted by Crippen LogP contribution is -2.35. The summed E-state index contributed by atoms with van der Waals surface area (Å²) in [5.41, 5.74) is 4.92. The zero-order valence-corrected chi connectivity index (χ0v) is 8.50. The van der Waals surface area contributed by atoms with Crippen LogP contribution in [0.3, 0.4) is 0 Å². The Morgan fingerprint density at radius 3 is 2.64 bits per heavy atom. The lowest BCUT2D eigenvalue weighted by atomic mass is 10.1. The number of nitrogens with one attached hydrogen (secondary N) is 1. The van der Waals surface area contributed by atoms with Gasteiger partial charge in [-0.1, -0.05) is 5.16 Å². The highest BCUT2D eigenvalue weighted by Gasteiger charge is 2.14. The monoisotopic (exact) mass is 198 g/mol. The van der Waals surface area contributed by atoms with E-state index < -0.39 is 5.91 Å². The third kappa shape index (κ3) is 3.14. The highest BCUT2D eigenvalue weighted by molar-refractivity contribution is 5.88. The van der Waals surface area contributed by atoms with E-state index in [4.69, 9.17) is 10.3 Å². The molecular weight excluding hydrogens is 184 g/mol. The molecule has 0 saturated heterocycles. The molecule has 0 aliphatic heterocycles. The Morgan fingerprint density at radius 2 is 2.21 bits per heavy atom. The quantitative estimate of drug-likeness (QED) is 0.716. The lowest BCUT2D eigenvalue weighted by molar-refractivity contribution is 0.0987. The molecule has 1 amide bonds. The Bertz CT molecular complexity index is 326. The van der Waals surface area contributed by atoms with E-state index in [1.165, 1.54) is 0 Å². The van der Waals surface area contributed by atoms with Crippen LogP contribution in [-0.2, 0) is 6.54 Å². The molecule has 78 valence electrons. The third-order valence-electron chi connectivity index (χ3n) is 1.46. The largest absolute Gasteiger partial charge is 0.363 e. The molecule has 1 aromatic rings. The molecule has 0 aromatic carbocycles. The second kappa shape index (κ2) is 3.75. The minimum Gasteiger partial charge on any atom is -0.363 e. The predicted octanol–water partition coefficient (Wildman–Crippen LogP) is 0.0566. The minimum absolute atomic E-state index is 0.0403. The maximum absolute atomic E-state index is 10.6. The number of hydrogen-bond donors (Lipinski definition) is 2. The second-order valence-corrected chi connectivity index (χ2v) is 3.98. The van der Waals surface area contributed by atoms with Gasteiger partial charge in [0.15, 0.2) is 0 Å². The number of nitrogens with two attached hydrogens (primary N) is 1. The zero-order chi connectivity index (χ0) is 10.8. The fourth-order valence-electron chi connectivity index (χ4n) is 0.768. The van der Waals surface area contributed by atoms with Gasteiger partial charge in [-0.25, -0.2) is 0 Å². The van der Waals surface area contributed by atoms with Gasteiger partial charge in [0, 0.05) is 5.54 Å². The molecule has 0 aliphatic carbocycles. The molecule has 0 spiro atoms. The summed E-state index contributed by atoms with van der Waals surface area (Å²) in [6.45, 7) is 6.46. The maximum Gasteiger partial charge on any atom is 0.290 e. The molecule has 1 heterocycles. The first kappa shape index (κ1) is 10.6. The van der Waals surface area contributed by atoms with Crippen LogP contribution in [0.1, 0.15) is 37.3 Å². The van der Waals surface area contributed by atoms with Gasteiger partial charge in [-0.3, -0.25) is 4.79 Å². The van der Waals surface area contributed by atoms with Crippen molar-refractivity contribution in [3.63, 3.8) is 0 Å². The van der Waals surface area contributed by atoms with Crippen LogP contribution in [0.25, 0.3) is 0 Å². The Balaban J connectivity index is 2.56. The Kier molecular flexibility index (Phi) is 2.85. The molecule has 0 bridgehead atoms. The van der Waals surface area contributed by atoms with Crippen molar-refractivity contribution in [1.82, 2.24) is 15.5 Å². The van der Waals surface area contributed by atoms with Gasteiger partial charge in [-0.2, -0.15) is 4.98 Å². The van der Waals surface area contributed by atoms with Crippen molar-refractivity contribution in [2.45, 2.75) is 32.9 Å². The van der Waals surface area contributed by atoms with E-state index >= 15 is 0 Å². The molecule has 1 rings (SSSR count). The van der Waals surface area contributed by atoms with Crippen LogP contribution < -0.4 is 11.1 Å². The number of primary amides is 1. The highest BCUT2D eigenvalue weighted by Crippen LogP contribution is 2.02. The first-order valence-electron chi connectivity index (χ1n) is 4.26. The molecule has 6 nitrogen and oxygen atoms in total. The second-order valence-electron chi connectivity index (χ2n) is 3.98. The Labute approximate surface area is 81.9 Å². The van der Waals surface area contributed by atoms with E-state index in [0.29, 0.717) is 12.4 Å². The first-order chi connectivity index (χ1) is 6.38. The molecule has 6 heteroatoms. The fourth-order valence-corrected chi connectivity index (χ4v) is 0.768. The lowest BCUT2D eigenvalue weighted by Gasteiger charge is -2.18. The van der Waals surface area contributed by atoms with Crippen molar-refractivity contribution in [3.8, 4) is 0 Å². The average Bonchev–Trinajstić information content (AvgIpc) is 2.47. The maximum atomic E-state index is 10.6. The molecule has 0 aliphatic rings. The van der Waals surface area contributed by atoms with Crippen molar-refractivity contribution >= 4 is 5.91 Å². The van der Waals surface area contributed by atoms with Crippen molar-refractivity contribution < 1.29 is 9.32 Å². The van der Waals surface area contributed by atoms with Gasteiger partial charge >= 0.3 is 0 Å². The number of rotatable bonds is 3. The van der Waals surface area contributed by atoms with Gasteiger partial charge in [0.25, 0.3) is 11.7 Å². The highest BCUT2D eigenvalue weighted by atomic mass is 16.5. The number of nitrogens with zero attached hydrogens (tertiary/aromatic N) is 2. The summed E-state index contributed by atoms with van der Waals surface area (Å²) in [5.74, 6) is -0.416. The van der Waals surface area contributed by atoms with Crippen LogP contribution in [0.5, 0.6) is 0 Å². The van der Waals surface area contributed by atoms with Crippen molar-refractivity contribution in [2.24, 2.45) is 5.73 Å². The molecule has 0 unspecified atom stereocenters. The molecule has 0 radical (unpaired) electrons. The van der Waals surface area contributed by atoms with Gasteiger partial charge in [0.2, 0.25) is 5.89 Å². The summed E-state index contributed by atoms with van der Waals surface area (Å²) in [5, 5.41) is 6.56. The summed E-state index contributed by atoms with van der Waals surface area (Å²) < 4.78 is 4.80. The third-order valence-corrected chi connectivity index (χ3v) is 1.46. The number of amides is 1. The smallest absolute Gasteiger partial charge is 0.290 e. The molecule has 0 atom stereocenters. The van der Waals surface area contributed by atoms with Crippen molar-refractivity contribution in [1.29, 1.82) is 0 Å². The SMILES string of the molecule is CC(C)(C)NCc1nc(C(N)=O)no1. The summed E-state index contributed by atoms with van der Waals surface area (Å²) in [6.07, 6.45) is 0. The average molecular weight is 198 g/mol. The van der Waals surface area contributed by atoms with E-state index in [1.807, 2.05) is 20.8 Å². The van der Waals surface area contributed by atoms with Crippen LogP contribution in [0.15, 0.2) is 4.52 Å². The zero-order valence-electron chi connectivity index (χ0n) is 8.50. The molecule has 3 N–H and O–H groups in total. The predicted molar refractivity (Wildman–Crippen MR) is 49.4 cm³/mol.